The van der Waals surface area contributed by atoms with Gasteiger partial charge in [-0.15, -0.1) is 0 Å². The quantitative estimate of drug-likeness (QED) is 0.167. The normalized spacial score (nSPS) is 12.2. The highest BCUT2D eigenvalue weighted by atomic mass is 35.5. The van der Waals surface area contributed by atoms with E-state index in [0.717, 1.165) is 34.1 Å². The number of halogens is 1. The van der Waals surface area contributed by atoms with Crippen LogP contribution in [0.15, 0.2) is 200 Å². The molecule has 0 spiro atoms. The van der Waals surface area contributed by atoms with E-state index in [4.69, 9.17) is 11.6 Å². The molecule has 0 amide bonds. The summed E-state index contributed by atoms with van der Waals surface area (Å²) in [6, 6.07) is 72.2. The summed E-state index contributed by atoms with van der Waals surface area (Å²) in [6.45, 7) is 0. The number of para-hydroxylation sites is 6. The summed E-state index contributed by atoms with van der Waals surface area (Å²) in [5.74, 6) is 0. The van der Waals surface area contributed by atoms with E-state index < -0.39 is 0 Å². The lowest BCUT2D eigenvalue weighted by atomic mass is 10.1. The maximum absolute atomic E-state index is 7.24. The summed E-state index contributed by atoms with van der Waals surface area (Å²) in [6.07, 6.45) is 0. The first-order valence-electron chi connectivity index (χ1n) is 20.0. The Kier molecular flexibility index (Phi) is 6.75. The zero-order chi connectivity index (χ0) is 38.8. The van der Waals surface area contributed by atoms with Crippen molar-refractivity contribution in [2.45, 2.75) is 0 Å². The van der Waals surface area contributed by atoms with E-state index in [1.165, 1.54) is 76.2 Å². The fourth-order valence-corrected chi connectivity index (χ4v) is 10.2. The summed E-state index contributed by atoms with van der Waals surface area (Å²) in [4.78, 5) is 4.65. The Balaban J connectivity index is 1.03. The molecule has 0 aliphatic carbocycles. The topological polar surface area (TPSA) is 15.3 Å². The van der Waals surface area contributed by atoms with E-state index >= 15 is 0 Å². The van der Waals surface area contributed by atoms with Gasteiger partial charge >= 0.3 is 0 Å². The largest absolute Gasteiger partial charge is 0.310 e. The fraction of sp³-hybridized carbons (Fsp3) is 0. The molecule has 0 aliphatic heterocycles. The molecule has 4 nitrogen and oxygen atoms in total. The van der Waals surface area contributed by atoms with Gasteiger partial charge in [0.05, 0.1) is 33.1 Å². The molecule has 0 atom stereocenters. The number of nitrogens with zero attached hydrogens (tertiary/aromatic N) is 4. The van der Waals surface area contributed by atoms with Gasteiger partial charge < -0.3 is 18.6 Å². The molecule has 0 saturated heterocycles. The molecule has 4 heterocycles. The molecule has 0 unspecified atom stereocenters. The van der Waals surface area contributed by atoms with Gasteiger partial charge in [0.2, 0.25) is 0 Å². The molecule has 0 bridgehead atoms. The van der Waals surface area contributed by atoms with Gasteiger partial charge in [0.1, 0.15) is 0 Å². The second-order valence-corrected chi connectivity index (χ2v) is 16.0. The molecule has 0 saturated carbocycles. The van der Waals surface area contributed by atoms with E-state index in [1.54, 1.807) is 0 Å². The van der Waals surface area contributed by atoms with Gasteiger partial charge in [-0.3, -0.25) is 0 Å². The first-order chi connectivity index (χ1) is 29.2. The van der Waals surface area contributed by atoms with Gasteiger partial charge in [0.15, 0.2) is 0 Å². The van der Waals surface area contributed by atoms with Crippen molar-refractivity contribution < 1.29 is 0 Å². The van der Waals surface area contributed by atoms with Crippen molar-refractivity contribution in [2.75, 3.05) is 9.80 Å². The Hall–Kier alpha value is -7.53. The van der Waals surface area contributed by atoms with Gasteiger partial charge in [0, 0.05) is 82.2 Å². The minimum absolute atomic E-state index is 0.651. The Morgan fingerprint density at radius 3 is 1.08 bits per heavy atom. The number of fused-ring (bicyclic) bond motifs is 12. The molecule has 276 valence electrons. The van der Waals surface area contributed by atoms with Crippen LogP contribution in [0, 0.1) is 0 Å². The number of aromatic nitrogens is 2. The zero-order valence-electron chi connectivity index (χ0n) is 31.7. The highest BCUT2D eigenvalue weighted by molar-refractivity contribution is 6.31. The van der Waals surface area contributed by atoms with Crippen LogP contribution in [0.2, 0.25) is 5.02 Å². The number of hydrogen-bond acceptors (Lipinski definition) is 2. The molecular formula is C54H33ClN4. The van der Waals surface area contributed by atoms with Gasteiger partial charge in [-0.25, -0.2) is 0 Å². The minimum Gasteiger partial charge on any atom is -0.310 e. The highest BCUT2D eigenvalue weighted by Crippen LogP contribution is 2.46. The predicted octanol–water partition coefficient (Wildman–Crippen LogP) is 15.6. The SMILES string of the molecule is Clc1cc(N(c2ccccc2)c2ccc3c4cccc5c6ccccc6n(c3c2)c54)cc(N(c2ccccc2)c2ccc3c4cccc5c6ccccc6n(c3c2)c54)c1. The van der Waals surface area contributed by atoms with Gasteiger partial charge in [-0.05, 0) is 78.9 Å². The smallest absolute Gasteiger partial charge is 0.0620 e. The number of rotatable bonds is 6. The maximum atomic E-state index is 7.24. The summed E-state index contributed by atoms with van der Waals surface area (Å²) in [7, 11) is 0. The Bertz CT molecular complexity index is 3510. The molecule has 4 aromatic heterocycles. The molecule has 13 aromatic rings. The lowest BCUT2D eigenvalue weighted by molar-refractivity contribution is 1.25. The Labute approximate surface area is 344 Å². The first-order valence-corrected chi connectivity index (χ1v) is 20.4. The third-order valence-electron chi connectivity index (χ3n) is 12.3. The van der Waals surface area contributed by atoms with Crippen LogP contribution in [0.3, 0.4) is 0 Å². The Morgan fingerprint density at radius 2 is 0.644 bits per heavy atom. The summed E-state index contributed by atoms with van der Waals surface area (Å²) < 4.78 is 4.88. The molecule has 9 aromatic carbocycles. The third kappa shape index (κ3) is 4.60. The highest BCUT2D eigenvalue weighted by Gasteiger charge is 2.23. The van der Waals surface area contributed by atoms with Crippen LogP contribution in [-0.4, -0.2) is 8.80 Å². The molecule has 13 rings (SSSR count). The molecule has 0 N–H and O–H groups in total. The average molecular weight is 773 g/mol. The predicted molar refractivity (Wildman–Crippen MR) is 250 cm³/mol. The van der Waals surface area contributed by atoms with Crippen LogP contribution < -0.4 is 9.80 Å². The summed E-state index contributed by atoms with van der Waals surface area (Å²) in [5, 5.41) is 10.8. The maximum Gasteiger partial charge on any atom is 0.0620 e. The summed E-state index contributed by atoms with van der Waals surface area (Å²) >= 11 is 7.24. The molecule has 0 aliphatic rings. The number of hydrogen-bond donors (Lipinski definition) is 0. The molecule has 5 heteroatoms. The van der Waals surface area contributed by atoms with Crippen LogP contribution in [0.5, 0.6) is 0 Å². The second kappa shape index (κ2) is 12.2. The standard InChI is InChI=1S/C54H33ClN4/c55-34-29-39(56(35-13-3-1-4-14-35)37-25-27-43-47-21-11-19-45-41-17-7-9-23-49(41)58(53(45)47)51(43)32-37)31-40(30-34)57(36-15-5-2-6-16-36)38-26-28-44-48-22-12-20-46-42-18-8-10-24-50(42)59(54(46)48)52(44)33-38/h1-33H. The van der Waals surface area contributed by atoms with E-state index in [-0.39, 0.29) is 0 Å². The van der Waals surface area contributed by atoms with Crippen molar-refractivity contribution in [1.29, 1.82) is 0 Å². The first kappa shape index (κ1) is 32.5. The van der Waals surface area contributed by atoms with E-state index in [0.29, 0.717) is 5.02 Å². The zero-order valence-corrected chi connectivity index (χ0v) is 32.5. The van der Waals surface area contributed by atoms with Crippen LogP contribution in [-0.2, 0) is 0 Å². The minimum atomic E-state index is 0.651. The van der Waals surface area contributed by atoms with Crippen molar-refractivity contribution in [1.82, 2.24) is 8.80 Å². The van der Waals surface area contributed by atoms with Crippen molar-refractivity contribution in [2.24, 2.45) is 0 Å². The molecule has 0 radical (unpaired) electrons. The molecular weight excluding hydrogens is 740 g/mol. The van der Waals surface area contributed by atoms with E-state index in [1.807, 2.05) is 0 Å². The fourth-order valence-electron chi connectivity index (χ4n) is 9.98. The number of benzene rings is 9. The Morgan fingerprint density at radius 1 is 0.271 bits per heavy atom. The van der Waals surface area contributed by atoms with Crippen molar-refractivity contribution in [3.8, 4) is 0 Å². The van der Waals surface area contributed by atoms with Crippen LogP contribution in [0.4, 0.5) is 34.1 Å². The number of anilines is 6. The van der Waals surface area contributed by atoms with E-state index in [9.17, 15) is 0 Å². The van der Waals surface area contributed by atoms with Crippen molar-refractivity contribution in [3.05, 3.63) is 205 Å². The molecule has 59 heavy (non-hydrogen) atoms. The van der Waals surface area contributed by atoms with Gasteiger partial charge in [-0.2, -0.15) is 0 Å². The van der Waals surface area contributed by atoms with Crippen LogP contribution in [0.25, 0.3) is 76.2 Å². The van der Waals surface area contributed by atoms with Gasteiger partial charge in [0.25, 0.3) is 0 Å². The van der Waals surface area contributed by atoms with Gasteiger partial charge in [-0.1, -0.05) is 133 Å². The van der Waals surface area contributed by atoms with E-state index in [2.05, 4.69) is 219 Å². The van der Waals surface area contributed by atoms with Crippen molar-refractivity contribution >= 4 is 122 Å². The third-order valence-corrected chi connectivity index (χ3v) is 12.6. The summed E-state index contributed by atoms with van der Waals surface area (Å²) in [5.41, 5.74) is 13.4. The monoisotopic (exact) mass is 772 g/mol. The van der Waals surface area contributed by atoms with Crippen LogP contribution >= 0.6 is 11.6 Å². The average Bonchev–Trinajstić information content (AvgIpc) is 4.01. The van der Waals surface area contributed by atoms with Crippen LogP contribution in [0.1, 0.15) is 0 Å². The molecule has 0 fully saturated rings. The lowest BCUT2D eigenvalue weighted by Gasteiger charge is -2.30. The second-order valence-electron chi connectivity index (χ2n) is 15.5. The van der Waals surface area contributed by atoms with Crippen molar-refractivity contribution in [3.63, 3.8) is 0 Å². The lowest BCUT2D eigenvalue weighted by Crippen LogP contribution is -2.13.